The first kappa shape index (κ1) is 15.4. The van der Waals surface area contributed by atoms with E-state index in [0.717, 1.165) is 10.2 Å². The Kier molecular flexibility index (Phi) is 4.36. The number of aromatic nitrogens is 1. The highest BCUT2D eigenvalue weighted by Gasteiger charge is 2.12. The van der Waals surface area contributed by atoms with E-state index in [0.29, 0.717) is 17.5 Å². The summed E-state index contributed by atoms with van der Waals surface area (Å²) in [7, 11) is 0. The van der Waals surface area contributed by atoms with Crippen molar-refractivity contribution in [3.8, 4) is 0 Å². The molecule has 0 unspecified atom stereocenters. The van der Waals surface area contributed by atoms with E-state index in [4.69, 9.17) is 5.73 Å². The predicted molar refractivity (Wildman–Crippen MR) is 85.3 cm³/mol. The molecule has 0 aliphatic rings. The highest BCUT2D eigenvalue weighted by Crippen LogP contribution is 2.20. The third-order valence-electron chi connectivity index (χ3n) is 3.19. The maximum absolute atomic E-state index is 11.8. The Balaban J connectivity index is 2.41. The molecule has 0 aliphatic heterocycles. The number of hydrogen-bond donors (Lipinski definition) is 1. The highest BCUT2D eigenvalue weighted by atomic mass is 16.6. The molecule has 0 radical (unpaired) electrons. The quantitative estimate of drug-likeness (QED) is 0.530. The molecule has 2 aromatic rings. The number of nitro groups is 1. The average molecular weight is 300 g/mol. The Bertz CT molecular complexity index is 809. The molecule has 0 spiro atoms. The van der Waals surface area contributed by atoms with Crippen molar-refractivity contribution in [3.63, 3.8) is 0 Å². The fraction of sp³-hybridized carbons (Fsp3) is 0.200. The molecule has 1 heterocycles. The lowest BCUT2D eigenvalue weighted by Gasteiger charge is -2.04. The van der Waals surface area contributed by atoms with Crippen LogP contribution in [0.3, 0.4) is 0 Å². The molecule has 1 aromatic carbocycles. The van der Waals surface area contributed by atoms with E-state index in [-0.39, 0.29) is 17.1 Å². The number of nitro benzene ring substituents is 1. The normalized spacial score (nSPS) is 11.0. The van der Waals surface area contributed by atoms with Crippen LogP contribution in [0.4, 0.5) is 11.5 Å². The van der Waals surface area contributed by atoms with E-state index in [2.05, 4.69) is 5.10 Å². The maximum Gasteiger partial charge on any atom is 0.273 e. The van der Waals surface area contributed by atoms with E-state index in [1.807, 2.05) is 6.92 Å². The Morgan fingerprint density at radius 1 is 1.36 bits per heavy atom. The van der Waals surface area contributed by atoms with Gasteiger partial charge in [0.1, 0.15) is 5.82 Å². The maximum atomic E-state index is 11.8. The third-order valence-corrected chi connectivity index (χ3v) is 3.19. The van der Waals surface area contributed by atoms with Crippen LogP contribution in [0.25, 0.3) is 0 Å². The summed E-state index contributed by atoms with van der Waals surface area (Å²) in [5.74, 6) is 0.209. The second kappa shape index (κ2) is 6.21. The molecule has 7 heteroatoms. The molecule has 0 atom stereocenters. The lowest BCUT2D eigenvalue weighted by Crippen LogP contribution is -2.19. The number of rotatable bonds is 4. The second-order valence-corrected chi connectivity index (χ2v) is 4.85. The van der Waals surface area contributed by atoms with Gasteiger partial charge in [-0.3, -0.25) is 14.9 Å². The van der Waals surface area contributed by atoms with Gasteiger partial charge in [0.15, 0.2) is 0 Å². The van der Waals surface area contributed by atoms with Gasteiger partial charge in [-0.25, -0.2) is 0 Å². The number of anilines is 1. The van der Waals surface area contributed by atoms with Crippen LogP contribution < -0.4 is 11.3 Å². The summed E-state index contributed by atoms with van der Waals surface area (Å²) in [6.45, 7) is 3.61. The van der Waals surface area contributed by atoms with Crippen LogP contribution >= 0.6 is 0 Å². The summed E-state index contributed by atoms with van der Waals surface area (Å²) in [5, 5.41) is 15.0. The minimum atomic E-state index is -0.428. The third kappa shape index (κ3) is 3.20. The number of benzene rings is 1. The summed E-state index contributed by atoms with van der Waals surface area (Å²) in [6, 6.07) is 7.86. The zero-order valence-electron chi connectivity index (χ0n) is 12.3. The molecule has 114 valence electrons. The number of nitrogens with two attached hydrogens (primary N) is 1. The Morgan fingerprint density at radius 2 is 2.09 bits per heavy atom. The lowest BCUT2D eigenvalue weighted by atomic mass is 10.1. The number of nitrogen functional groups attached to an aromatic ring is 1. The molecule has 7 nitrogen and oxygen atoms in total. The minimum absolute atomic E-state index is 0.0377. The molecular weight excluding hydrogens is 284 g/mol. The van der Waals surface area contributed by atoms with Crippen molar-refractivity contribution < 1.29 is 4.92 Å². The summed E-state index contributed by atoms with van der Waals surface area (Å²) < 4.78 is 1.05. The van der Waals surface area contributed by atoms with E-state index in [9.17, 15) is 14.9 Å². The molecular formula is C15H16N4O3. The standard InChI is InChI=1S/C15H16N4O3/c1-3-12-5-4-11(8-13(12)19(21)22)9-17-18-14(16)6-10(2)7-15(18)20/h4-9H,3,16H2,1-2H3/b17-9-. The SMILES string of the molecule is CCc1ccc(/C=N\n2c(N)cc(C)cc2=O)cc1[N+](=O)[O-]. The van der Waals surface area contributed by atoms with Gasteiger partial charge in [-0.05, 0) is 25.0 Å². The molecule has 0 aliphatic carbocycles. The lowest BCUT2D eigenvalue weighted by molar-refractivity contribution is -0.385. The first-order valence-electron chi connectivity index (χ1n) is 6.73. The van der Waals surface area contributed by atoms with Crippen molar-refractivity contribution >= 4 is 17.7 Å². The molecule has 2 N–H and O–H groups in total. The minimum Gasteiger partial charge on any atom is -0.384 e. The molecule has 0 bridgehead atoms. The Hall–Kier alpha value is -2.96. The van der Waals surface area contributed by atoms with Gasteiger partial charge in [-0.2, -0.15) is 9.78 Å². The molecule has 0 amide bonds. The van der Waals surface area contributed by atoms with Crippen molar-refractivity contribution in [3.05, 3.63) is 67.5 Å². The van der Waals surface area contributed by atoms with Crippen LogP contribution in [0.5, 0.6) is 0 Å². The van der Waals surface area contributed by atoms with Crippen LogP contribution in [-0.2, 0) is 6.42 Å². The van der Waals surface area contributed by atoms with Gasteiger partial charge in [0.05, 0.1) is 11.1 Å². The fourth-order valence-electron chi connectivity index (χ4n) is 2.10. The van der Waals surface area contributed by atoms with Crippen LogP contribution in [0.15, 0.2) is 40.2 Å². The van der Waals surface area contributed by atoms with Gasteiger partial charge in [-0.1, -0.05) is 19.1 Å². The van der Waals surface area contributed by atoms with Gasteiger partial charge in [0, 0.05) is 23.3 Å². The number of hydrogen-bond acceptors (Lipinski definition) is 5. The average Bonchev–Trinajstić information content (AvgIpc) is 2.45. The molecule has 0 saturated carbocycles. The van der Waals surface area contributed by atoms with E-state index in [1.165, 1.54) is 18.3 Å². The topological polar surface area (TPSA) is 104 Å². The summed E-state index contributed by atoms with van der Waals surface area (Å²) >= 11 is 0. The van der Waals surface area contributed by atoms with Crippen molar-refractivity contribution in [2.45, 2.75) is 20.3 Å². The van der Waals surface area contributed by atoms with Gasteiger partial charge < -0.3 is 5.73 Å². The second-order valence-electron chi connectivity index (χ2n) is 4.85. The Morgan fingerprint density at radius 3 is 2.68 bits per heavy atom. The molecule has 0 fully saturated rings. The molecule has 22 heavy (non-hydrogen) atoms. The zero-order chi connectivity index (χ0) is 16.3. The van der Waals surface area contributed by atoms with Gasteiger partial charge >= 0.3 is 0 Å². The van der Waals surface area contributed by atoms with Crippen molar-refractivity contribution in [1.29, 1.82) is 0 Å². The van der Waals surface area contributed by atoms with Crippen LogP contribution in [-0.4, -0.2) is 15.8 Å². The smallest absolute Gasteiger partial charge is 0.273 e. The van der Waals surface area contributed by atoms with Crippen molar-refractivity contribution in [2.24, 2.45) is 5.10 Å². The number of pyridine rings is 1. The Labute approximate surface area is 126 Å². The monoisotopic (exact) mass is 300 g/mol. The largest absolute Gasteiger partial charge is 0.384 e. The molecule has 2 rings (SSSR count). The summed E-state index contributed by atoms with van der Waals surface area (Å²) in [4.78, 5) is 22.4. The van der Waals surface area contributed by atoms with E-state index in [1.54, 1.807) is 25.1 Å². The van der Waals surface area contributed by atoms with Gasteiger partial charge in [0.2, 0.25) is 0 Å². The first-order chi connectivity index (χ1) is 10.4. The van der Waals surface area contributed by atoms with Crippen LogP contribution in [0, 0.1) is 17.0 Å². The van der Waals surface area contributed by atoms with Crippen LogP contribution in [0.2, 0.25) is 0 Å². The van der Waals surface area contributed by atoms with Crippen molar-refractivity contribution in [2.75, 3.05) is 5.73 Å². The summed E-state index contributed by atoms with van der Waals surface area (Å²) in [5.41, 5.74) is 7.35. The number of aryl methyl sites for hydroxylation is 2. The molecule has 1 aromatic heterocycles. The van der Waals surface area contributed by atoms with Crippen LogP contribution in [0.1, 0.15) is 23.6 Å². The first-order valence-corrected chi connectivity index (χ1v) is 6.73. The van der Waals surface area contributed by atoms with E-state index >= 15 is 0 Å². The van der Waals surface area contributed by atoms with Gasteiger partial charge in [-0.15, -0.1) is 0 Å². The zero-order valence-corrected chi connectivity index (χ0v) is 12.3. The van der Waals surface area contributed by atoms with E-state index < -0.39 is 4.92 Å². The fourth-order valence-corrected chi connectivity index (χ4v) is 2.10. The summed E-state index contributed by atoms with van der Waals surface area (Å²) in [6.07, 6.45) is 1.94. The molecule has 0 saturated heterocycles. The van der Waals surface area contributed by atoms with Gasteiger partial charge in [0.25, 0.3) is 11.2 Å². The predicted octanol–water partition coefficient (Wildman–Crippen LogP) is 2.09. The highest BCUT2D eigenvalue weighted by molar-refractivity contribution is 5.81. The van der Waals surface area contributed by atoms with Crippen molar-refractivity contribution in [1.82, 2.24) is 4.68 Å². The number of nitrogens with zero attached hydrogens (tertiary/aromatic N) is 3.